The summed E-state index contributed by atoms with van der Waals surface area (Å²) >= 11 is 5.65. The molecule has 0 unspecified atom stereocenters. The second kappa shape index (κ2) is 5.01. The van der Waals surface area contributed by atoms with E-state index in [0.717, 1.165) is 12.1 Å². The van der Waals surface area contributed by atoms with Crippen LogP contribution in [0.5, 0.6) is 0 Å². The van der Waals surface area contributed by atoms with E-state index in [2.05, 4.69) is 0 Å². The SMILES string of the molecule is CCN(C)C(=O)c1ccc(CCl)cc1. The molecule has 1 amide bonds. The molecule has 0 radical (unpaired) electrons. The molecule has 14 heavy (non-hydrogen) atoms. The average Bonchev–Trinajstić information content (AvgIpc) is 2.27. The van der Waals surface area contributed by atoms with E-state index < -0.39 is 0 Å². The fourth-order valence-corrected chi connectivity index (χ4v) is 1.28. The van der Waals surface area contributed by atoms with Gasteiger partial charge >= 0.3 is 0 Å². The van der Waals surface area contributed by atoms with Crippen molar-refractivity contribution in [3.05, 3.63) is 35.4 Å². The molecule has 0 aliphatic rings. The molecule has 0 heterocycles. The highest BCUT2D eigenvalue weighted by molar-refractivity contribution is 6.17. The first-order valence-corrected chi connectivity index (χ1v) is 5.12. The Kier molecular flexibility index (Phi) is 3.96. The van der Waals surface area contributed by atoms with Gasteiger partial charge in [0.05, 0.1) is 0 Å². The summed E-state index contributed by atoms with van der Waals surface area (Å²) in [4.78, 5) is 13.3. The van der Waals surface area contributed by atoms with Crippen LogP contribution in [0.4, 0.5) is 0 Å². The maximum absolute atomic E-state index is 11.7. The normalized spacial score (nSPS) is 9.93. The summed E-state index contributed by atoms with van der Waals surface area (Å²) < 4.78 is 0. The first-order valence-electron chi connectivity index (χ1n) is 4.59. The predicted octanol–water partition coefficient (Wildman–Crippen LogP) is 2.52. The fourth-order valence-electron chi connectivity index (χ4n) is 1.10. The molecule has 0 N–H and O–H groups in total. The molecule has 0 aromatic heterocycles. The van der Waals surface area contributed by atoms with Crippen LogP contribution in [0.25, 0.3) is 0 Å². The summed E-state index contributed by atoms with van der Waals surface area (Å²) in [7, 11) is 1.79. The van der Waals surface area contributed by atoms with Gasteiger partial charge in [-0.25, -0.2) is 0 Å². The van der Waals surface area contributed by atoms with Gasteiger partial charge in [-0.1, -0.05) is 12.1 Å². The molecule has 2 nitrogen and oxygen atoms in total. The third-order valence-corrected chi connectivity index (χ3v) is 2.48. The summed E-state index contributed by atoms with van der Waals surface area (Å²) in [5.41, 5.74) is 1.74. The van der Waals surface area contributed by atoms with Gasteiger partial charge in [0, 0.05) is 25.0 Å². The van der Waals surface area contributed by atoms with Crippen molar-refractivity contribution in [1.82, 2.24) is 4.90 Å². The highest BCUT2D eigenvalue weighted by Crippen LogP contribution is 2.08. The van der Waals surface area contributed by atoms with Crippen LogP contribution in [0.2, 0.25) is 0 Å². The average molecular weight is 212 g/mol. The summed E-state index contributed by atoms with van der Waals surface area (Å²) in [5, 5.41) is 0. The van der Waals surface area contributed by atoms with E-state index in [4.69, 9.17) is 11.6 Å². The van der Waals surface area contributed by atoms with Crippen molar-refractivity contribution in [2.75, 3.05) is 13.6 Å². The molecule has 1 rings (SSSR count). The number of hydrogen-bond acceptors (Lipinski definition) is 1. The minimum absolute atomic E-state index is 0.0497. The highest BCUT2D eigenvalue weighted by atomic mass is 35.5. The number of carbonyl (C=O) groups is 1. The quantitative estimate of drug-likeness (QED) is 0.704. The first-order chi connectivity index (χ1) is 6.69. The Labute approximate surface area is 89.5 Å². The zero-order valence-electron chi connectivity index (χ0n) is 8.46. The van der Waals surface area contributed by atoms with Crippen LogP contribution in [0, 0.1) is 0 Å². The Balaban J connectivity index is 2.81. The molecule has 0 saturated heterocycles. The van der Waals surface area contributed by atoms with Crippen molar-refractivity contribution in [1.29, 1.82) is 0 Å². The molecule has 0 aliphatic heterocycles. The molecule has 0 bridgehead atoms. The monoisotopic (exact) mass is 211 g/mol. The molecule has 0 spiro atoms. The molecule has 76 valence electrons. The summed E-state index contributed by atoms with van der Waals surface area (Å²) in [6, 6.07) is 7.38. The topological polar surface area (TPSA) is 20.3 Å². The Morgan fingerprint density at radius 2 is 1.93 bits per heavy atom. The molecule has 1 aromatic carbocycles. The van der Waals surface area contributed by atoms with Gasteiger partial charge in [-0.05, 0) is 24.6 Å². The number of halogens is 1. The maximum atomic E-state index is 11.7. The van der Waals surface area contributed by atoms with Gasteiger partial charge in [-0.15, -0.1) is 11.6 Å². The van der Waals surface area contributed by atoms with E-state index in [1.165, 1.54) is 0 Å². The van der Waals surface area contributed by atoms with Crippen molar-refractivity contribution in [2.45, 2.75) is 12.8 Å². The van der Waals surface area contributed by atoms with Gasteiger partial charge in [0.1, 0.15) is 0 Å². The minimum atomic E-state index is 0.0497. The van der Waals surface area contributed by atoms with Crippen molar-refractivity contribution < 1.29 is 4.79 Å². The second-order valence-electron chi connectivity index (χ2n) is 3.15. The number of rotatable bonds is 3. The van der Waals surface area contributed by atoms with E-state index in [-0.39, 0.29) is 5.91 Å². The zero-order chi connectivity index (χ0) is 10.6. The number of carbonyl (C=O) groups excluding carboxylic acids is 1. The lowest BCUT2D eigenvalue weighted by molar-refractivity contribution is 0.0802. The highest BCUT2D eigenvalue weighted by Gasteiger charge is 2.08. The predicted molar refractivity (Wildman–Crippen MR) is 58.6 cm³/mol. The fraction of sp³-hybridized carbons (Fsp3) is 0.364. The first kappa shape index (κ1) is 11.1. The molecule has 3 heteroatoms. The van der Waals surface area contributed by atoms with Gasteiger partial charge in [-0.3, -0.25) is 4.79 Å². The number of benzene rings is 1. The van der Waals surface area contributed by atoms with E-state index in [1.807, 2.05) is 31.2 Å². The van der Waals surface area contributed by atoms with Gasteiger partial charge in [0.25, 0.3) is 5.91 Å². The smallest absolute Gasteiger partial charge is 0.253 e. The standard InChI is InChI=1S/C11H14ClNO/c1-3-13(2)11(14)10-6-4-9(8-12)5-7-10/h4-7H,3,8H2,1-2H3. The van der Waals surface area contributed by atoms with Gasteiger partial charge < -0.3 is 4.90 Å². The zero-order valence-corrected chi connectivity index (χ0v) is 9.21. The van der Waals surface area contributed by atoms with Crippen LogP contribution in [0.15, 0.2) is 24.3 Å². The molecule has 0 saturated carbocycles. The largest absolute Gasteiger partial charge is 0.342 e. The summed E-state index contributed by atoms with van der Waals surface area (Å²) in [5.74, 6) is 0.534. The van der Waals surface area contributed by atoms with Gasteiger partial charge in [0.15, 0.2) is 0 Å². The lowest BCUT2D eigenvalue weighted by Crippen LogP contribution is -2.26. The molecule has 0 fully saturated rings. The molecular formula is C11H14ClNO. The maximum Gasteiger partial charge on any atom is 0.253 e. The number of nitrogens with zero attached hydrogens (tertiary/aromatic N) is 1. The third-order valence-electron chi connectivity index (χ3n) is 2.18. The van der Waals surface area contributed by atoms with E-state index in [9.17, 15) is 4.79 Å². The molecule has 0 atom stereocenters. The van der Waals surface area contributed by atoms with Gasteiger partial charge in [0.2, 0.25) is 0 Å². The number of alkyl halides is 1. The van der Waals surface area contributed by atoms with Crippen molar-refractivity contribution in [3.63, 3.8) is 0 Å². The van der Waals surface area contributed by atoms with Crippen molar-refractivity contribution in [2.24, 2.45) is 0 Å². The number of amides is 1. The van der Waals surface area contributed by atoms with Crippen LogP contribution in [0.1, 0.15) is 22.8 Å². The third kappa shape index (κ3) is 2.48. The van der Waals surface area contributed by atoms with Crippen LogP contribution >= 0.6 is 11.6 Å². The molecular weight excluding hydrogens is 198 g/mol. The Hall–Kier alpha value is -1.02. The molecule has 0 aliphatic carbocycles. The van der Waals surface area contributed by atoms with Crippen molar-refractivity contribution in [3.8, 4) is 0 Å². The Morgan fingerprint density at radius 1 is 1.36 bits per heavy atom. The van der Waals surface area contributed by atoms with Crippen LogP contribution in [-0.4, -0.2) is 24.4 Å². The lowest BCUT2D eigenvalue weighted by atomic mass is 10.1. The lowest BCUT2D eigenvalue weighted by Gasteiger charge is -2.14. The van der Waals surface area contributed by atoms with E-state index in [0.29, 0.717) is 11.4 Å². The second-order valence-corrected chi connectivity index (χ2v) is 3.42. The summed E-state index contributed by atoms with van der Waals surface area (Å²) in [6.07, 6.45) is 0. The van der Waals surface area contributed by atoms with E-state index in [1.54, 1.807) is 11.9 Å². The minimum Gasteiger partial charge on any atom is -0.342 e. The summed E-state index contributed by atoms with van der Waals surface area (Å²) in [6.45, 7) is 2.67. The van der Waals surface area contributed by atoms with E-state index >= 15 is 0 Å². The van der Waals surface area contributed by atoms with Crippen LogP contribution < -0.4 is 0 Å². The molecule has 1 aromatic rings. The van der Waals surface area contributed by atoms with Crippen LogP contribution in [0.3, 0.4) is 0 Å². The van der Waals surface area contributed by atoms with Crippen molar-refractivity contribution >= 4 is 17.5 Å². The Bertz CT molecular complexity index is 308. The number of hydrogen-bond donors (Lipinski definition) is 0. The van der Waals surface area contributed by atoms with Crippen LogP contribution in [-0.2, 0) is 5.88 Å². The Morgan fingerprint density at radius 3 is 2.36 bits per heavy atom. The van der Waals surface area contributed by atoms with Gasteiger partial charge in [-0.2, -0.15) is 0 Å².